The molecule has 33 heavy (non-hydrogen) atoms. The summed E-state index contributed by atoms with van der Waals surface area (Å²) in [6.45, 7) is 3.17. The maximum Gasteiger partial charge on any atom is 0.261 e. The highest BCUT2D eigenvalue weighted by Gasteiger charge is 2.44. The van der Waals surface area contributed by atoms with E-state index in [1.54, 1.807) is 0 Å². The first-order valence-electron chi connectivity index (χ1n) is 10.0. The molecule has 1 aromatic carbocycles. The van der Waals surface area contributed by atoms with Crippen molar-refractivity contribution in [3.05, 3.63) is 29.3 Å². The summed E-state index contributed by atoms with van der Waals surface area (Å²) in [6.07, 6.45) is 0.639. The van der Waals surface area contributed by atoms with Crippen LogP contribution < -0.4 is 21.8 Å². The van der Waals surface area contributed by atoms with Crippen molar-refractivity contribution in [3.63, 3.8) is 0 Å². The molecule has 4 atom stereocenters. The van der Waals surface area contributed by atoms with Gasteiger partial charge in [0.25, 0.3) is 5.91 Å². The number of sulfonamides is 1. The van der Waals surface area contributed by atoms with Gasteiger partial charge in [0.2, 0.25) is 21.8 Å². The quantitative estimate of drug-likeness (QED) is 0.223. The Bertz CT molecular complexity index is 946. The summed E-state index contributed by atoms with van der Waals surface area (Å²) in [6, 6.07) is 2.69. The van der Waals surface area contributed by atoms with Crippen LogP contribution in [0.5, 0.6) is 0 Å². The van der Waals surface area contributed by atoms with Crippen molar-refractivity contribution in [2.75, 3.05) is 13.1 Å². The number of benzene rings is 1. The Morgan fingerprint density at radius 1 is 1.27 bits per heavy atom. The minimum Gasteiger partial charge on any atom is -0.350 e. The van der Waals surface area contributed by atoms with Crippen LogP contribution in [0.25, 0.3) is 0 Å². The van der Waals surface area contributed by atoms with Crippen LogP contribution >= 0.6 is 24.0 Å². The van der Waals surface area contributed by atoms with E-state index in [4.69, 9.17) is 22.5 Å². The van der Waals surface area contributed by atoms with Gasteiger partial charge in [0, 0.05) is 17.6 Å². The van der Waals surface area contributed by atoms with Gasteiger partial charge in [-0.2, -0.15) is 4.31 Å². The lowest BCUT2D eigenvalue weighted by molar-refractivity contribution is -0.132. The fourth-order valence-electron chi connectivity index (χ4n) is 3.31. The highest BCUT2D eigenvalue weighted by atomic mass is 35.5. The van der Waals surface area contributed by atoms with Gasteiger partial charge in [-0.05, 0) is 36.6 Å². The van der Waals surface area contributed by atoms with E-state index < -0.39 is 45.9 Å². The minimum absolute atomic E-state index is 0. The maximum absolute atomic E-state index is 13.0. The molecule has 1 aliphatic rings. The van der Waals surface area contributed by atoms with Crippen LogP contribution in [0.15, 0.2) is 29.2 Å². The van der Waals surface area contributed by atoms with Gasteiger partial charge < -0.3 is 16.4 Å². The topological polar surface area (TPSA) is 171 Å². The molecule has 186 valence electrons. The Balaban J connectivity index is 0.00000544. The van der Waals surface area contributed by atoms with E-state index >= 15 is 0 Å². The Labute approximate surface area is 203 Å². The molecule has 1 saturated heterocycles. The van der Waals surface area contributed by atoms with Crippen molar-refractivity contribution in [1.29, 1.82) is 0 Å². The number of hydroxylamine groups is 1. The van der Waals surface area contributed by atoms with Gasteiger partial charge in [0.15, 0.2) is 0 Å². The molecule has 0 saturated carbocycles. The normalized spacial score (nSPS) is 20.3. The summed E-state index contributed by atoms with van der Waals surface area (Å²) in [7, 11) is -4.11. The zero-order valence-corrected chi connectivity index (χ0v) is 20.5. The molecular weight excluding hydrogens is 497 g/mol. The third-order valence-corrected chi connectivity index (χ3v) is 7.58. The average Bonchev–Trinajstić information content (AvgIpc) is 3.20. The van der Waals surface area contributed by atoms with Crippen LogP contribution in [0.3, 0.4) is 0 Å². The number of carbonyl (C=O) groups excluding carboxylic acids is 3. The van der Waals surface area contributed by atoms with Gasteiger partial charge >= 0.3 is 0 Å². The second-order valence-electron chi connectivity index (χ2n) is 7.65. The number of rotatable bonds is 9. The number of carbonyl (C=O) groups is 3. The lowest BCUT2D eigenvalue weighted by Gasteiger charge is -2.22. The first kappa shape index (κ1) is 29.1. The van der Waals surface area contributed by atoms with E-state index in [1.165, 1.54) is 29.7 Å². The van der Waals surface area contributed by atoms with Gasteiger partial charge in [-0.1, -0.05) is 31.9 Å². The Morgan fingerprint density at radius 3 is 2.42 bits per heavy atom. The molecule has 1 aliphatic heterocycles. The van der Waals surface area contributed by atoms with E-state index in [9.17, 15) is 22.8 Å². The molecule has 1 heterocycles. The fourth-order valence-corrected chi connectivity index (χ4v) is 5.08. The highest BCUT2D eigenvalue weighted by Crippen LogP contribution is 2.27. The molecule has 6 N–H and O–H groups in total. The second kappa shape index (κ2) is 12.5. The third kappa shape index (κ3) is 7.26. The third-order valence-electron chi connectivity index (χ3n) is 5.44. The standard InChI is InChI=1S/C19H28ClN5O6S.ClH/c1-3-11(2)17(21)19(28)22-9-16(26)23-13-8-15(18(27)24-29)25(10-13)32(30,31)14-6-4-12(20)5-7-14;/h4-7,11,13,15,17,29H,3,8-10,21H2,1-2H3,(H,22,28)(H,23,26)(H,24,27);1H/t11-,13-,15-,17-;/m0./s1. The smallest absolute Gasteiger partial charge is 0.261 e. The number of nitrogens with two attached hydrogens (primary N) is 1. The molecule has 0 radical (unpaired) electrons. The van der Waals surface area contributed by atoms with Gasteiger partial charge in [-0.15, -0.1) is 12.4 Å². The van der Waals surface area contributed by atoms with Crippen molar-refractivity contribution in [2.45, 2.75) is 49.7 Å². The van der Waals surface area contributed by atoms with Crippen LogP contribution in [-0.2, 0) is 24.4 Å². The molecule has 14 heteroatoms. The molecule has 0 bridgehead atoms. The van der Waals surface area contributed by atoms with Crippen LogP contribution in [0.1, 0.15) is 26.7 Å². The number of halogens is 2. The van der Waals surface area contributed by atoms with Crippen LogP contribution in [0, 0.1) is 5.92 Å². The summed E-state index contributed by atoms with van der Waals surface area (Å²) < 4.78 is 27.0. The summed E-state index contributed by atoms with van der Waals surface area (Å²) in [5, 5.41) is 14.4. The summed E-state index contributed by atoms with van der Waals surface area (Å²) in [5.41, 5.74) is 7.29. The number of hydrogen-bond acceptors (Lipinski definition) is 7. The summed E-state index contributed by atoms with van der Waals surface area (Å²) >= 11 is 5.81. The van der Waals surface area contributed by atoms with E-state index in [0.29, 0.717) is 11.4 Å². The van der Waals surface area contributed by atoms with Crippen molar-refractivity contribution in [2.24, 2.45) is 11.7 Å². The van der Waals surface area contributed by atoms with Crippen molar-refractivity contribution < 1.29 is 28.0 Å². The first-order valence-corrected chi connectivity index (χ1v) is 11.9. The zero-order chi connectivity index (χ0) is 24.1. The monoisotopic (exact) mass is 525 g/mol. The molecule has 2 rings (SSSR count). The number of hydrogen-bond donors (Lipinski definition) is 5. The number of amides is 3. The largest absolute Gasteiger partial charge is 0.350 e. The second-order valence-corrected chi connectivity index (χ2v) is 9.98. The lowest BCUT2D eigenvalue weighted by atomic mass is 9.99. The van der Waals surface area contributed by atoms with E-state index in [-0.39, 0.29) is 42.7 Å². The van der Waals surface area contributed by atoms with Gasteiger partial charge in [-0.25, -0.2) is 13.9 Å². The molecule has 11 nitrogen and oxygen atoms in total. The van der Waals surface area contributed by atoms with Gasteiger partial charge in [-0.3, -0.25) is 19.6 Å². The Hall–Kier alpha value is -1.96. The van der Waals surface area contributed by atoms with Gasteiger partial charge in [0.1, 0.15) is 6.04 Å². The maximum atomic E-state index is 13.0. The number of nitrogens with one attached hydrogen (secondary N) is 3. The average molecular weight is 526 g/mol. The highest BCUT2D eigenvalue weighted by molar-refractivity contribution is 7.89. The van der Waals surface area contributed by atoms with Crippen molar-refractivity contribution >= 4 is 51.8 Å². The van der Waals surface area contributed by atoms with E-state index in [0.717, 1.165) is 4.31 Å². The molecule has 0 spiro atoms. The molecular formula is C19H29Cl2N5O6S. The minimum atomic E-state index is -4.11. The predicted octanol–water partition coefficient (Wildman–Crippen LogP) is 0.00460. The Morgan fingerprint density at radius 2 is 1.88 bits per heavy atom. The Kier molecular flexibility index (Phi) is 11.0. The van der Waals surface area contributed by atoms with Gasteiger partial charge in [0.05, 0.1) is 17.5 Å². The van der Waals surface area contributed by atoms with Crippen LogP contribution in [0.4, 0.5) is 0 Å². The van der Waals surface area contributed by atoms with Crippen LogP contribution in [0.2, 0.25) is 5.02 Å². The molecule has 0 unspecified atom stereocenters. The van der Waals surface area contributed by atoms with E-state index in [2.05, 4.69) is 10.6 Å². The van der Waals surface area contributed by atoms with E-state index in [1.807, 2.05) is 13.8 Å². The molecule has 1 aromatic rings. The SMILES string of the molecule is CC[C@H](C)[C@H](N)C(=O)NCC(=O)N[C@H]1C[C@@H](C(=O)NO)N(S(=O)(=O)c2ccc(Cl)cc2)C1.Cl. The summed E-state index contributed by atoms with van der Waals surface area (Å²) in [5.74, 6) is -2.01. The molecule has 1 fully saturated rings. The van der Waals surface area contributed by atoms with Crippen molar-refractivity contribution in [1.82, 2.24) is 20.4 Å². The predicted molar refractivity (Wildman–Crippen MR) is 123 cm³/mol. The summed E-state index contributed by atoms with van der Waals surface area (Å²) in [4.78, 5) is 36.3. The molecule has 0 aliphatic carbocycles. The fraction of sp³-hybridized carbons (Fsp3) is 0.526. The van der Waals surface area contributed by atoms with Crippen LogP contribution in [-0.4, -0.2) is 66.9 Å². The first-order chi connectivity index (χ1) is 15.0. The zero-order valence-electron chi connectivity index (χ0n) is 18.2. The van der Waals surface area contributed by atoms with Crippen molar-refractivity contribution in [3.8, 4) is 0 Å². The lowest BCUT2D eigenvalue weighted by Crippen LogP contribution is -2.49. The number of nitrogens with zero attached hydrogens (tertiary/aromatic N) is 1. The molecule has 0 aromatic heterocycles. The molecule has 3 amide bonds.